The number of benzene rings is 1. The highest BCUT2D eigenvalue weighted by molar-refractivity contribution is 7.98. The average Bonchev–Trinajstić information content (AvgIpc) is 3.42. The molecule has 1 aliphatic heterocycles. The van der Waals surface area contributed by atoms with E-state index in [1.165, 1.54) is 29.2 Å². The van der Waals surface area contributed by atoms with Crippen LogP contribution >= 0.6 is 23.1 Å². The van der Waals surface area contributed by atoms with E-state index >= 15 is 0 Å². The highest BCUT2D eigenvalue weighted by Crippen LogP contribution is 2.33. The van der Waals surface area contributed by atoms with E-state index in [0.29, 0.717) is 34.1 Å². The summed E-state index contributed by atoms with van der Waals surface area (Å²) in [5, 5.41) is 1.27. The van der Waals surface area contributed by atoms with Crippen molar-refractivity contribution in [2.75, 3.05) is 6.61 Å². The molecule has 5 rings (SSSR count). The van der Waals surface area contributed by atoms with Crippen molar-refractivity contribution < 1.29 is 17.9 Å². The lowest BCUT2D eigenvalue weighted by Gasteiger charge is -2.16. The van der Waals surface area contributed by atoms with Crippen LogP contribution in [0.4, 0.5) is 13.2 Å². The Balaban J connectivity index is 1.55. The van der Waals surface area contributed by atoms with Crippen LogP contribution in [0.5, 0.6) is 0 Å². The summed E-state index contributed by atoms with van der Waals surface area (Å²) in [7, 11) is 0. The van der Waals surface area contributed by atoms with Crippen molar-refractivity contribution in [3.05, 3.63) is 64.1 Å². The summed E-state index contributed by atoms with van der Waals surface area (Å²) in [5.41, 5.74) is 0.239. The minimum atomic E-state index is -4.40. The minimum absolute atomic E-state index is 0.0765. The number of thioether (sulfide) groups is 1. The Morgan fingerprint density at radius 3 is 2.91 bits per heavy atom. The number of hydrogen-bond acceptors (Lipinski definition) is 6. The van der Waals surface area contributed by atoms with E-state index in [0.717, 1.165) is 35.2 Å². The molecule has 1 atom stereocenters. The van der Waals surface area contributed by atoms with Gasteiger partial charge in [-0.05, 0) is 36.6 Å². The first kappa shape index (κ1) is 21.4. The molecule has 0 amide bonds. The molecule has 10 heteroatoms. The standard InChI is InChI=1S/C22H18F3N3O2S2/c23-22(24,25)14-5-1-4-13(10-14)12-31-21-27-17-16-7-2-8-26-19(16)32-18(17)20(29)28(21)11-15-6-3-9-30-15/h1-2,4-5,7-8,10,15H,3,6,9,11-12H2. The third-order valence-electron chi connectivity index (χ3n) is 5.35. The van der Waals surface area contributed by atoms with Crippen molar-refractivity contribution in [3.63, 3.8) is 0 Å². The molecular formula is C22H18F3N3O2S2. The van der Waals surface area contributed by atoms with Gasteiger partial charge in [0.15, 0.2) is 5.16 Å². The Hall–Kier alpha value is -2.43. The fourth-order valence-corrected chi connectivity index (χ4v) is 5.77. The van der Waals surface area contributed by atoms with Crippen LogP contribution in [0.3, 0.4) is 0 Å². The van der Waals surface area contributed by atoms with Crippen molar-refractivity contribution in [2.45, 2.75) is 42.6 Å². The second-order valence-electron chi connectivity index (χ2n) is 7.57. The van der Waals surface area contributed by atoms with Crippen molar-refractivity contribution in [2.24, 2.45) is 0 Å². The number of pyridine rings is 1. The van der Waals surface area contributed by atoms with Gasteiger partial charge in [0.05, 0.1) is 23.7 Å². The SMILES string of the molecule is O=c1c2sc3ncccc3c2nc(SCc2cccc(C(F)(F)F)c2)n1CC1CCCO1. The first-order valence-electron chi connectivity index (χ1n) is 10.1. The lowest BCUT2D eigenvalue weighted by molar-refractivity contribution is -0.137. The van der Waals surface area contributed by atoms with Crippen LogP contribution in [0.2, 0.25) is 0 Å². The second kappa shape index (κ2) is 8.49. The van der Waals surface area contributed by atoms with Crippen molar-refractivity contribution in [1.82, 2.24) is 14.5 Å². The largest absolute Gasteiger partial charge is 0.416 e. The van der Waals surface area contributed by atoms with Gasteiger partial charge in [-0.3, -0.25) is 9.36 Å². The first-order chi connectivity index (χ1) is 15.4. The van der Waals surface area contributed by atoms with Crippen LogP contribution in [-0.2, 0) is 23.2 Å². The molecule has 1 unspecified atom stereocenters. The summed E-state index contributed by atoms with van der Waals surface area (Å²) >= 11 is 2.56. The van der Waals surface area contributed by atoms with Gasteiger partial charge in [0.25, 0.3) is 5.56 Å². The maximum atomic E-state index is 13.4. The van der Waals surface area contributed by atoms with E-state index in [9.17, 15) is 18.0 Å². The highest BCUT2D eigenvalue weighted by Gasteiger charge is 2.30. The topological polar surface area (TPSA) is 57.0 Å². The number of hydrogen-bond donors (Lipinski definition) is 0. The van der Waals surface area contributed by atoms with E-state index in [1.807, 2.05) is 6.07 Å². The van der Waals surface area contributed by atoms with Crippen LogP contribution in [0.25, 0.3) is 20.4 Å². The van der Waals surface area contributed by atoms with Crippen LogP contribution in [0.15, 0.2) is 52.5 Å². The third kappa shape index (κ3) is 4.14. The van der Waals surface area contributed by atoms with Crippen LogP contribution in [-0.4, -0.2) is 27.2 Å². The van der Waals surface area contributed by atoms with E-state index in [4.69, 9.17) is 9.72 Å². The molecule has 1 aliphatic rings. The summed E-state index contributed by atoms with van der Waals surface area (Å²) in [6.45, 7) is 1.03. The Labute approximate surface area is 189 Å². The fourth-order valence-electron chi connectivity index (χ4n) is 3.79. The molecule has 3 aromatic heterocycles. The van der Waals surface area contributed by atoms with Gasteiger partial charge < -0.3 is 4.74 Å². The van der Waals surface area contributed by atoms with Crippen LogP contribution in [0, 0.1) is 0 Å². The molecule has 4 aromatic rings. The van der Waals surface area contributed by atoms with E-state index < -0.39 is 11.7 Å². The molecule has 0 spiro atoms. The van der Waals surface area contributed by atoms with Crippen molar-refractivity contribution in [1.29, 1.82) is 0 Å². The zero-order valence-corrected chi connectivity index (χ0v) is 18.4. The lowest BCUT2D eigenvalue weighted by Crippen LogP contribution is -2.28. The van der Waals surface area contributed by atoms with Gasteiger partial charge in [-0.15, -0.1) is 11.3 Å². The number of ether oxygens (including phenoxy) is 1. The molecular weight excluding hydrogens is 459 g/mol. The smallest absolute Gasteiger partial charge is 0.376 e. The number of rotatable bonds is 5. The normalized spacial score (nSPS) is 16.9. The molecule has 0 bridgehead atoms. The molecule has 166 valence electrons. The number of fused-ring (bicyclic) bond motifs is 3. The van der Waals surface area contributed by atoms with Gasteiger partial charge in [0, 0.05) is 23.9 Å². The molecule has 4 heterocycles. The molecule has 1 saturated heterocycles. The van der Waals surface area contributed by atoms with E-state index in [-0.39, 0.29) is 17.4 Å². The average molecular weight is 478 g/mol. The van der Waals surface area contributed by atoms with Gasteiger partial charge in [0.2, 0.25) is 0 Å². The van der Waals surface area contributed by atoms with Gasteiger partial charge in [0.1, 0.15) is 9.53 Å². The van der Waals surface area contributed by atoms with Crippen LogP contribution in [0.1, 0.15) is 24.0 Å². The fraction of sp³-hybridized carbons (Fsp3) is 0.318. The molecule has 32 heavy (non-hydrogen) atoms. The monoisotopic (exact) mass is 477 g/mol. The van der Waals surface area contributed by atoms with Gasteiger partial charge in [-0.25, -0.2) is 9.97 Å². The molecule has 0 N–H and O–H groups in total. The number of nitrogens with zero attached hydrogens (tertiary/aromatic N) is 3. The van der Waals surface area contributed by atoms with E-state index in [2.05, 4.69) is 4.98 Å². The molecule has 1 fully saturated rings. The highest BCUT2D eigenvalue weighted by atomic mass is 32.2. The number of alkyl halides is 3. The summed E-state index contributed by atoms with van der Waals surface area (Å²) in [4.78, 5) is 23.2. The molecule has 0 radical (unpaired) electrons. The Kier molecular flexibility index (Phi) is 5.68. The molecule has 1 aromatic carbocycles. The summed E-state index contributed by atoms with van der Waals surface area (Å²) in [6.07, 6.45) is -1.01. The Morgan fingerprint density at radius 2 is 2.12 bits per heavy atom. The molecule has 5 nitrogen and oxygen atoms in total. The maximum Gasteiger partial charge on any atom is 0.416 e. The molecule has 0 saturated carbocycles. The summed E-state index contributed by atoms with van der Waals surface area (Å²) < 4.78 is 47.1. The number of aromatic nitrogens is 3. The molecule has 0 aliphatic carbocycles. The van der Waals surface area contributed by atoms with Gasteiger partial charge >= 0.3 is 6.18 Å². The Morgan fingerprint density at radius 1 is 1.25 bits per heavy atom. The zero-order valence-electron chi connectivity index (χ0n) is 16.8. The number of halogens is 3. The second-order valence-corrected chi connectivity index (χ2v) is 9.51. The lowest BCUT2D eigenvalue weighted by atomic mass is 10.1. The first-order valence-corrected chi connectivity index (χ1v) is 11.9. The van der Waals surface area contributed by atoms with Crippen molar-refractivity contribution in [3.8, 4) is 0 Å². The quantitative estimate of drug-likeness (QED) is 0.281. The minimum Gasteiger partial charge on any atom is -0.376 e. The van der Waals surface area contributed by atoms with Gasteiger partial charge in [-0.2, -0.15) is 13.2 Å². The van der Waals surface area contributed by atoms with Crippen molar-refractivity contribution >= 4 is 43.5 Å². The van der Waals surface area contributed by atoms with Crippen LogP contribution < -0.4 is 5.56 Å². The summed E-state index contributed by atoms with van der Waals surface area (Å²) in [5.74, 6) is 0.258. The predicted octanol–water partition coefficient (Wildman–Crippen LogP) is 5.50. The maximum absolute atomic E-state index is 13.4. The summed E-state index contributed by atoms with van der Waals surface area (Å²) in [6, 6.07) is 8.90. The number of thiophene rings is 1. The van der Waals surface area contributed by atoms with E-state index in [1.54, 1.807) is 22.9 Å². The predicted molar refractivity (Wildman–Crippen MR) is 119 cm³/mol. The Bertz CT molecular complexity index is 1340. The zero-order chi connectivity index (χ0) is 22.3. The van der Waals surface area contributed by atoms with Gasteiger partial charge in [-0.1, -0.05) is 30.0 Å². The third-order valence-corrected chi connectivity index (χ3v) is 7.49.